The lowest BCUT2D eigenvalue weighted by Gasteiger charge is -2.26. The maximum absolute atomic E-state index is 13.8. The molecule has 2 amide bonds. The van der Waals surface area contributed by atoms with Crippen molar-refractivity contribution >= 4 is 51.0 Å². The van der Waals surface area contributed by atoms with Gasteiger partial charge in [0.25, 0.3) is 0 Å². The summed E-state index contributed by atoms with van der Waals surface area (Å²) in [5, 5.41) is 23.8. The quantitative estimate of drug-likeness (QED) is 0.194. The molecule has 47 heavy (non-hydrogen) atoms. The molecule has 0 aliphatic rings. The normalized spacial score (nSPS) is 14.2. The maximum atomic E-state index is 13.8. The Morgan fingerprint density at radius 3 is 2.06 bits per heavy atom. The van der Waals surface area contributed by atoms with Crippen molar-refractivity contribution in [1.29, 1.82) is 5.26 Å². The number of carboxylic acids is 1. The first-order chi connectivity index (χ1) is 22.1. The van der Waals surface area contributed by atoms with Crippen molar-refractivity contribution in [1.82, 2.24) is 10.6 Å². The predicted octanol–water partition coefficient (Wildman–Crippen LogP) is 3.82. The van der Waals surface area contributed by atoms with Crippen LogP contribution in [0.15, 0.2) is 71.1 Å². The third kappa shape index (κ3) is 13.4. The number of carboxylic acid groups (broad SMARTS) is 1. The first-order valence-electron chi connectivity index (χ1n) is 14.7. The summed E-state index contributed by atoms with van der Waals surface area (Å²) in [5.41, 5.74) is 1.06. The second kappa shape index (κ2) is 18.6. The van der Waals surface area contributed by atoms with E-state index < -0.39 is 86.4 Å². The molecule has 0 fully saturated rings. The highest BCUT2D eigenvalue weighted by Gasteiger charge is 2.34. The van der Waals surface area contributed by atoms with Crippen LogP contribution in [0.3, 0.4) is 0 Å². The van der Waals surface area contributed by atoms with Gasteiger partial charge in [0.1, 0.15) is 17.0 Å². The van der Waals surface area contributed by atoms with Crippen molar-refractivity contribution in [2.75, 3.05) is 6.26 Å². The average molecular weight is 688 g/mol. The van der Waals surface area contributed by atoms with Gasteiger partial charge in [-0.25, -0.2) is 8.42 Å². The van der Waals surface area contributed by atoms with Crippen molar-refractivity contribution in [3.8, 4) is 6.07 Å². The van der Waals surface area contributed by atoms with Crippen LogP contribution in [-0.2, 0) is 45.2 Å². The number of rotatable bonds is 18. The average Bonchev–Trinajstić information content (AvgIpc) is 3.01. The number of hydrogen-bond donors (Lipinski definition) is 3. The summed E-state index contributed by atoms with van der Waals surface area (Å²) in [6.07, 6.45) is -0.0199. The number of halogens is 1. The Bertz CT molecular complexity index is 1590. The number of hydrogen-bond acceptors (Lipinski definition) is 9. The number of ketones is 1. The zero-order valence-corrected chi connectivity index (χ0v) is 27.8. The van der Waals surface area contributed by atoms with Crippen LogP contribution in [0.1, 0.15) is 56.7 Å². The third-order valence-corrected chi connectivity index (χ3v) is 8.89. The van der Waals surface area contributed by atoms with Crippen molar-refractivity contribution in [2.45, 2.75) is 58.2 Å². The number of sulfone groups is 1. The molecule has 0 aliphatic carbocycles. The zero-order valence-electron chi connectivity index (χ0n) is 26.2. The smallest absolute Gasteiger partial charge is 0.306 e. The van der Waals surface area contributed by atoms with Gasteiger partial charge < -0.3 is 20.5 Å². The highest BCUT2D eigenvalue weighted by molar-refractivity contribution is 7.96. The minimum Gasteiger partial charge on any atom is -0.481 e. The van der Waals surface area contributed by atoms with E-state index in [-0.39, 0.29) is 19.4 Å². The summed E-state index contributed by atoms with van der Waals surface area (Å²) >= 11 is 5.84. The second-order valence-electron chi connectivity index (χ2n) is 11.2. The summed E-state index contributed by atoms with van der Waals surface area (Å²) in [7, 11) is -3.79. The maximum Gasteiger partial charge on any atom is 0.306 e. The molecule has 0 saturated heterocycles. The van der Waals surface area contributed by atoms with Gasteiger partial charge in [-0.2, -0.15) is 5.26 Å². The van der Waals surface area contributed by atoms with E-state index >= 15 is 0 Å². The number of carbonyl (C=O) groups is 5. The topological polar surface area (TPSA) is 197 Å². The molecule has 4 atom stereocenters. The molecule has 0 bridgehead atoms. The van der Waals surface area contributed by atoms with E-state index in [0.717, 1.165) is 12.3 Å². The van der Waals surface area contributed by atoms with Crippen molar-refractivity contribution in [3.05, 3.63) is 82.2 Å². The molecule has 0 heterocycles. The Morgan fingerprint density at radius 2 is 1.53 bits per heavy atom. The lowest BCUT2D eigenvalue weighted by Crippen LogP contribution is -2.43. The van der Waals surface area contributed by atoms with Gasteiger partial charge in [0.15, 0.2) is 15.6 Å². The third-order valence-electron chi connectivity index (χ3n) is 7.08. The van der Waals surface area contributed by atoms with E-state index in [4.69, 9.17) is 16.3 Å². The molecule has 14 heteroatoms. The lowest BCUT2D eigenvalue weighted by atomic mass is 9.86. The second-order valence-corrected chi connectivity index (χ2v) is 13.9. The number of carbonyl (C=O) groups excluding carboxylic acids is 4. The van der Waals surface area contributed by atoms with E-state index in [9.17, 15) is 42.8 Å². The van der Waals surface area contributed by atoms with Gasteiger partial charge in [0, 0.05) is 18.6 Å². The van der Waals surface area contributed by atoms with E-state index in [1.165, 1.54) is 0 Å². The zero-order chi connectivity index (χ0) is 35.1. The molecule has 252 valence electrons. The number of Topliss-reactive ketones (excluding diaryl/α,β-unsaturated/α-hetero) is 1. The van der Waals surface area contributed by atoms with Crippen LogP contribution in [0.5, 0.6) is 0 Å². The van der Waals surface area contributed by atoms with Gasteiger partial charge in [0.05, 0.1) is 37.3 Å². The first kappa shape index (κ1) is 38.6. The summed E-state index contributed by atoms with van der Waals surface area (Å²) in [5.74, 6) is -6.99. The van der Waals surface area contributed by atoms with Crippen molar-refractivity contribution in [2.24, 2.45) is 17.8 Å². The van der Waals surface area contributed by atoms with Crippen LogP contribution in [0.4, 0.5) is 0 Å². The minimum absolute atomic E-state index is 0.0731. The van der Waals surface area contributed by atoms with Gasteiger partial charge in [-0.3, -0.25) is 24.0 Å². The van der Waals surface area contributed by atoms with Crippen LogP contribution >= 0.6 is 11.6 Å². The number of aliphatic carboxylic acids is 1. The number of esters is 1. The predicted molar refractivity (Wildman–Crippen MR) is 173 cm³/mol. The Balaban J connectivity index is 2.28. The SMILES string of the molecule is CC(C)[C@H](CC(=O)[C@@H](NC(=O)[C@H](CC(=O)O)CC(=O)OCc1ccccc1)c1ccccc1)C(=O)N[C@H](/C=C(\Cl)S(C)(=O)=O)CC#N. The first-order valence-corrected chi connectivity index (χ1v) is 16.9. The van der Waals surface area contributed by atoms with E-state index in [0.29, 0.717) is 11.1 Å². The standard InChI is InChI=1S/C33H38ClN3O9S/c1-21(2)26(33(43)36-25(14-15-35)18-28(34)47(3,44)45)19-27(38)31(23-12-8-5-9-13-23)37-32(42)24(16-29(39)40)17-30(41)46-20-22-10-6-4-7-11-22/h4-13,18,21,24-26,31H,14,16-17,19-20H2,1-3H3,(H,36,43)(H,37,42)(H,39,40)/b28-18+/t24-,25+,26+,31+/m1/s1. The minimum atomic E-state index is -3.79. The molecule has 0 spiro atoms. The van der Waals surface area contributed by atoms with E-state index in [1.807, 2.05) is 6.07 Å². The van der Waals surface area contributed by atoms with Gasteiger partial charge in [-0.05, 0) is 23.1 Å². The summed E-state index contributed by atoms with van der Waals surface area (Å²) in [4.78, 5) is 64.7. The molecule has 0 saturated carbocycles. The lowest BCUT2D eigenvalue weighted by molar-refractivity contribution is -0.150. The highest BCUT2D eigenvalue weighted by Crippen LogP contribution is 2.25. The Hall–Kier alpha value is -4.54. The van der Waals surface area contributed by atoms with Gasteiger partial charge >= 0.3 is 11.9 Å². The van der Waals surface area contributed by atoms with Gasteiger partial charge in [-0.1, -0.05) is 86.1 Å². The Labute approximate surface area is 279 Å². The fraction of sp³-hybridized carbons (Fsp3) is 0.394. The highest BCUT2D eigenvalue weighted by atomic mass is 35.5. The molecule has 2 aromatic rings. The van der Waals surface area contributed by atoms with E-state index in [2.05, 4.69) is 10.6 Å². The number of amides is 2. The van der Waals surface area contributed by atoms with E-state index in [1.54, 1.807) is 74.5 Å². The fourth-order valence-corrected chi connectivity index (χ4v) is 5.07. The fourth-order valence-electron chi connectivity index (χ4n) is 4.51. The molecule has 0 aliphatic heterocycles. The van der Waals surface area contributed by atoms with Crippen LogP contribution < -0.4 is 10.6 Å². The summed E-state index contributed by atoms with van der Waals surface area (Å²) in [6, 6.07) is 16.4. The molecule has 2 aromatic carbocycles. The molecule has 3 N–H and O–H groups in total. The molecular formula is C33H38ClN3O9S. The van der Waals surface area contributed by atoms with Crippen LogP contribution in [0, 0.1) is 29.1 Å². The number of nitrogens with one attached hydrogen (secondary N) is 2. The van der Waals surface area contributed by atoms with Gasteiger partial charge in [0.2, 0.25) is 11.8 Å². The van der Waals surface area contributed by atoms with Gasteiger partial charge in [-0.15, -0.1) is 0 Å². The number of benzene rings is 2. The largest absolute Gasteiger partial charge is 0.481 e. The van der Waals surface area contributed by atoms with Crippen molar-refractivity contribution < 1.29 is 42.2 Å². The molecule has 2 rings (SSSR count). The Kier molecular flexibility index (Phi) is 15.3. The Morgan fingerprint density at radius 1 is 0.936 bits per heavy atom. The molecular weight excluding hydrogens is 650 g/mol. The molecule has 0 radical (unpaired) electrons. The van der Waals surface area contributed by atoms with Crippen LogP contribution in [0.2, 0.25) is 0 Å². The number of nitrogens with zero attached hydrogens (tertiary/aromatic N) is 1. The van der Waals surface area contributed by atoms with Crippen LogP contribution in [0.25, 0.3) is 0 Å². The van der Waals surface area contributed by atoms with Crippen LogP contribution in [-0.4, -0.2) is 55.4 Å². The molecule has 0 aromatic heterocycles. The molecule has 0 unspecified atom stereocenters. The summed E-state index contributed by atoms with van der Waals surface area (Å²) in [6.45, 7) is 3.31. The number of ether oxygens (including phenoxy) is 1. The number of nitriles is 1. The monoisotopic (exact) mass is 687 g/mol. The van der Waals surface area contributed by atoms with Crippen molar-refractivity contribution in [3.63, 3.8) is 0 Å². The molecule has 12 nitrogen and oxygen atoms in total. The summed E-state index contributed by atoms with van der Waals surface area (Å²) < 4.78 is 28.2.